The van der Waals surface area contributed by atoms with Gasteiger partial charge in [-0.2, -0.15) is 0 Å². The van der Waals surface area contributed by atoms with E-state index in [1.807, 2.05) is 17.0 Å². The van der Waals surface area contributed by atoms with Crippen molar-refractivity contribution >= 4 is 11.7 Å². The van der Waals surface area contributed by atoms with Crippen molar-refractivity contribution in [1.82, 2.24) is 30.0 Å². The maximum Gasteiger partial charge on any atom is 0.256 e. The van der Waals surface area contributed by atoms with Crippen molar-refractivity contribution in [1.29, 1.82) is 0 Å². The van der Waals surface area contributed by atoms with E-state index in [1.54, 1.807) is 12.5 Å². The van der Waals surface area contributed by atoms with Gasteiger partial charge in [-0.3, -0.25) is 14.5 Å². The highest BCUT2D eigenvalue weighted by Crippen LogP contribution is 2.57. The molecular formula is C36H53FN6O4. The number of hydrogen-bond donors (Lipinski definition) is 2. The molecule has 47 heavy (non-hydrogen) atoms. The molecule has 11 atom stereocenters. The summed E-state index contributed by atoms with van der Waals surface area (Å²) in [6.07, 6.45) is 16.1. The average molecular weight is 653 g/mol. The summed E-state index contributed by atoms with van der Waals surface area (Å²) in [6.45, 7) is 6.31. The SMILES string of the molecule is O=C(NCCCn1ccnc1)C1=CN2C3CC4C(CC5CCCCC54)CC3OC3C(NCCCN4CCOCC4)C(F)CC(C1=O)C32. The minimum atomic E-state index is -1.21. The standard InChI is InChI=1S/C36H53FN6O4/c37-29-19-27-33-35(32(29)39-7-3-10-41-13-15-46-16-14-41)47-31-18-24-17-23-5-1-2-6-25(23)26(24)20-30(31)43(33)21-28(34(27)44)36(45)40-8-4-11-42-12-9-38-22-42/h9,12,21-27,29-33,35,39H,1-8,10-11,13-20H2,(H,40,45). The lowest BCUT2D eigenvalue weighted by Gasteiger charge is -2.60. The highest BCUT2D eigenvalue weighted by atomic mass is 19.1. The van der Waals surface area contributed by atoms with Crippen molar-refractivity contribution in [2.45, 2.75) is 107 Å². The number of halogens is 1. The molecule has 10 nitrogen and oxygen atoms in total. The Labute approximate surface area is 278 Å². The van der Waals surface area contributed by atoms with E-state index in [-0.39, 0.29) is 41.9 Å². The average Bonchev–Trinajstić information content (AvgIpc) is 3.74. The van der Waals surface area contributed by atoms with Gasteiger partial charge in [0.25, 0.3) is 5.91 Å². The van der Waals surface area contributed by atoms with Gasteiger partial charge in [0.1, 0.15) is 6.17 Å². The fourth-order valence-electron chi connectivity index (χ4n) is 10.8. The molecule has 2 saturated heterocycles. The van der Waals surface area contributed by atoms with Gasteiger partial charge in [-0.25, -0.2) is 9.37 Å². The Morgan fingerprint density at radius 3 is 2.70 bits per heavy atom. The van der Waals surface area contributed by atoms with Gasteiger partial charge in [0.05, 0.1) is 55.4 Å². The molecule has 4 saturated carbocycles. The molecule has 11 heteroatoms. The van der Waals surface area contributed by atoms with Crippen molar-refractivity contribution < 1.29 is 23.5 Å². The van der Waals surface area contributed by atoms with E-state index in [0.717, 1.165) is 76.9 Å². The van der Waals surface area contributed by atoms with Crippen LogP contribution in [0.4, 0.5) is 4.39 Å². The number of fused-ring (bicyclic) bond motifs is 5. The Bertz CT molecular complexity index is 1290. The van der Waals surface area contributed by atoms with Gasteiger partial charge in [-0.15, -0.1) is 0 Å². The lowest BCUT2D eigenvalue weighted by Crippen LogP contribution is -2.73. The number of amides is 1. The zero-order valence-corrected chi connectivity index (χ0v) is 27.7. The third-order valence-corrected chi connectivity index (χ3v) is 12.9. The molecule has 6 fully saturated rings. The molecule has 1 aromatic heterocycles. The van der Waals surface area contributed by atoms with Gasteiger partial charge in [-0.1, -0.05) is 19.3 Å². The van der Waals surface area contributed by atoms with E-state index in [4.69, 9.17) is 9.47 Å². The van der Waals surface area contributed by atoms with Crippen molar-refractivity contribution in [3.63, 3.8) is 0 Å². The van der Waals surface area contributed by atoms with Crippen molar-refractivity contribution in [2.24, 2.45) is 29.6 Å². The van der Waals surface area contributed by atoms with Crippen molar-refractivity contribution in [3.05, 3.63) is 30.5 Å². The second-order valence-corrected chi connectivity index (χ2v) is 15.4. The van der Waals surface area contributed by atoms with Crippen LogP contribution in [0.1, 0.15) is 64.2 Å². The largest absolute Gasteiger partial charge is 0.379 e. The van der Waals surface area contributed by atoms with Gasteiger partial charge in [-0.05, 0) is 81.7 Å². The maximum atomic E-state index is 16.2. The van der Waals surface area contributed by atoms with Gasteiger partial charge >= 0.3 is 0 Å². The van der Waals surface area contributed by atoms with Crippen LogP contribution in [0.15, 0.2) is 30.5 Å². The molecule has 0 aromatic carbocycles. The van der Waals surface area contributed by atoms with Crippen LogP contribution in [0.3, 0.4) is 0 Å². The van der Waals surface area contributed by atoms with Crippen LogP contribution in [-0.2, 0) is 25.6 Å². The first kappa shape index (κ1) is 31.9. The predicted octanol–water partition coefficient (Wildman–Crippen LogP) is 2.94. The second-order valence-electron chi connectivity index (χ2n) is 15.4. The monoisotopic (exact) mass is 652 g/mol. The lowest BCUT2D eigenvalue weighted by molar-refractivity contribution is -0.206. The van der Waals surface area contributed by atoms with E-state index >= 15 is 4.39 Å². The number of ether oxygens (including phenoxy) is 2. The van der Waals surface area contributed by atoms with Crippen LogP contribution in [0.2, 0.25) is 0 Å². The van der Waals surface area contributed by atoms with Crippen molar-refractivity contribution in [3.8, 4) is 0 Å². The highest BCUT2D eigenvalue weighted by molar-refractivity contribution is 6.20. The zero-order valence-electron chi connectivity index (χ0n) is 27.7. The van der Waals surface area contributed by atoms with Crippen LogP contribution in [-0.4, -0.2) is 113 Å². The summed E-state index contributed by atoms with van der Waals surface area (Å²) in [4.78, 5) is 36.5. The smallest absolute Gasteiger partial charge is 0.256 e. The fourth-order valence-corrected chi connectivity index (χ4v) is 10.8. The Balaban J connectivity index is 1.01. The summed E-state index contributed by atoms with van der Waals surface area (Å²) in [6, 6.07) is -0.589. The van der Waals surface area contributed by atoms with Crippen molar-refractivity contribution in [2.75, 3.05) is 45.9 Å². The van der Waals surface area contributed by atoms with Gasteiger partial charge in [0.15, 0.2) is 5.78 Å². The number of aryl methyl sites for hydroxylation is 1. The Hall–Kier alpha value is -2.34. The molecule has 258 valence electrons. The number of Topliss-reactive ketones (excluding diaryl/α,β-unsaturated/α-hetero) is 1. The van der Waals surface area contributed by atoms with Crippen LogP contribution >= 0.6 is 0 Å². The van der Waals surface area contributed by atoms with E-state index in [0.29, 0.717) is 24.9 Å². The minimum absolute atomic E-state index is 0.00908. The lowest BCUT2D eigenvalue weighted by atomic mass is 9.66. The summed E-state index contributed by atoms with van der Waals surface area (Å²) in [5.41, 5.74) is 0.196. The number of rotatable bonds is 10. The van der Waals surface area contributed by atoms with Gasteiger partial charge in [0, 0.05) is 50.7 Å². The molecule has 1 amide bonds. The third kappa shape index (κ3) is 6.30. The number of carbonyl (C=O) groups is 2. The first-order valence-corrected chi connectivity index (χ1v) is 18.7. The molecule has 0 spiro atoms. The number of morpholine rings is 2. The quantitative estimate of drug-likeness (QED) is 0.294. The van der Waals surface area contributed by atoms with E-state index in [2.05, 4.69) is 25.4 Å². The molecular weight excluding hydrogens is 599 g/mol. The number of ketones is 1. The van der Waals surface area contributed by atoms with Crippen LogP contribution in [0.25, 0.3) is 0 Å². The summed E-state index contributed by atoms with van der Waals surface area (Å²) in [7, 11) is 0. The third-order valence-electron chi connectivity index (χ3n) is 12.9. The molecule has 0 radical (unpaired) electrons. The summed E-state index contributed by atoms with van der Waals surface area (Å²) in [5, 5.41) is 6.58. The molecule has 3 aliphatic heterocycles. The normalized spacial score (nSPS) is 39.8. The molecule has 4 heterocycles. The summed E-state index contributed by atoms with van der Waals surface area (Å²) >= 11 is 0. The molecule has 1 aromatic rings. The first-order chi connectivity index (χ1) is 23.0. The number of nitrogens with zero attached hydrogens (tertiary/aromatic N) is 4. The Morgan fingerprint density at radius 1 is 1.00 bits per heavy atom. The molecule has 11 unspecified atom stereocenters. The number of carbonyl (C=O) groups excluding carboxylic acids is 2. The molecule has 7 aliphatic rings. The first-order valence-electron chi connectivity index (χ1n) is 18.7. The molecule has 8 rings (SSSR count). The topological polar surface area (TPSA) is 101 Å². The predicted molar refractivity (Wildman–Crippen MR) is 174 cm³/mol. The van der Waals surface area contributed by atoms with Crippen LogP contribution < -0.4 is 10.6 Å². The van der Waals surface area contributed by atoms with Gasteiger partial charge < -0.3 is 29.6 Å². The molecule has 0 bridgehead atoms. The number of nitrogens with one attached hydrogen (secondary N) is 2. The van der Waals surface area contributed by atoms with Gasteiger partial charge in [0.2, 0.25) is 0 Å². The number of aromatic nitrogens is 2. The number of imidazole rings is 1. The summed E-state index contributed by atoms with van der Waals surface area (Å²) < 4.78 is 30.7. The fraction of sp³-hybridized carbons (Fsp3) is 0.806. The summed E-state index contributed by atoms with van der Waals surface area (Å²) in [5.74, 6) is 1.82. The van der Waals surface area contributed by atoms with Crippen LogP contribution in [0.5, 0.6) is 0 Å². The van der Waals surface area contributed by atoms with E-state index in [1.165, 1.54) is 32.1 Å². The van der Waals surface area contributed by atoms with E-state index in [9.17, 15) is 9.59 Å². The minimum Gasteiger partial charge on any atom is -0.379 e. The zero-order chi connectivity index (χ0) is 31.9. The van der Waals surface area contributed by atoms with Crippen LogP contribution in [0, 0.1) is 29.6 Å². The second kappa shape index (κ2) is 13.9. The van der Waals surface area contributed by atoms with E-state index < -0.39 is 24.2 Å². The molecule has 2 N–H and O–H groups in total. The number of alkyl halides is 1. The Morgan fingerprint density at radius 2 is 1.85 bits per heavy atom. The number of hydrogen-bond acceptors (Lipinski definition) is 8. The Kier molecular flexibility index (Phi) is 9.42. The highest BCUT2D eigenvalue weighted by Gasteiger charge is 2.61. The molecule has 4 aliphatic carbocycles. The maximum absolute atomic E-state index is 16.2.